The Morgan fingerprint density at radius 2 is 1.75 bits per heavy atom. The molecule has 0 aliphatic carbocycles. The van der Waals surface area contributed by atoms with E-state index in [1.54, 1.807) is 40.3 Å². The van der Waals surface area contributed by atoms with Gasteiger partial charge in [-0.2, -0.15) is 0 Å². The molecule has 0 aliphatic rings. The van der Waals surface area contributed by atoms with Crippen molar-refractivity contribution >= 4 is 11.8 Å². The zero-order valence-electron chi connectivity index (χ0n) is 19.2. The van der Waals surface area contributed by atoms with Gasteiger partial charge in [-0.1, -0.05) is 31.9 Å². The highest BCUT2D eigenvalue weighted by atomic mass is 19.1. The number of unbranched alkanes of at least 4 members (excludes halogenated alkanes) is 2. The van der Waals surface area contributed by atoms with Crippen LogP contribution in [0, 0.1) is 5.82 Å². The number of halogens is 1. The van der Waals surface area contributed by atoms with Crippen LogP contribution in [0.1, 0.15) is 57.3 Å². The van der Waals surface area contributed by atoms with Gasteiger partial charge in [0.1, 0.15) is 11.6 Å². The fraction of sp³-hybridized carbons (Fsp3) is 0.520. The maximum absolute atomic E-state index is 13.3. The third-order valence-corrected chi connectivity index (χ3v) is 5.16. The maximum Gasteiger partial charge on any atom is 0.242 e. The fourth-order valence-electron chi connectivity index (χ4n) is 3.37. The van der Waals surface area contributed by atoms with E-state index in [0.29, 0.717) is 44.9 Å². The van der Waals surface area contributed by atoms with Crippen molar-refractivity contribution in [2.24, 2.45) is 0 Å². The number of carbonyl (C=O) groups excluding carboxylic acids is 2. The van der Waals surface area contributed by atoms with Gasteiger partial charge in [-0.05, 0) is 49.6 Å². The molecule has 32 heavy (non-hydrogen) atoms. The summed E-state index contributed by atoms with van der Waals surface area (Å²) in [7, 11) is 0. The van der Waals surface area contributed by atoms with E-state index in [2.05, 4.69) is 6.92 Å². The largest absolute Gasteiger partial charge is 0.467 e. The Kier molecular flexibility index (Phi) is 11.5. The van der Waals surface area contributed by atoms with Gasteiger partial charge < -0.3 is 19.0 Å². The van der Waals surface area contributed by atoms with Crippen LogP contribution in [0.3, 0.4) is 0 Å². The lowest BCUT2D eigenvalue weighted by Crippen LogP contribution is -2.43. The average Bonchev–Trinajstić information content (AvgIpc) is 3.30. The number of nitrogens with zero attached hydrogens (tertiary/aromatic N) is 2. The van der Waals surface area contributed by atoms with Crippen LogP contribution in [0.4, 0.5) is 4.39 Å². The number of benzene rings is 1. The lowest BCUT2D eigenvalue weighted by atomic mass is 10.1. The van der Waals surface area contributed by atoms with E-state index >= 15 is 0 Å². The molecule has 0 fully saturated rings. The highest BCUT2D eigenvalue weighted by Crippen LogP contribution is 2.13. The van der Waals surface area contributed by atoms with Gasteiger partial charge in [0.25, 0.3) is 0 Å². The van der Waals surface area contributed by atoms with E-state index in [9.17, 15) is 14.0 Å². The van der Waals surface area contributed by atoms with E-state index in [4.69, 9.17) is 9.15 Å². The molecule has 0 saturated carbocycles. The third-order valence-electron chi connectivity index (χ3n) is 5.16. The quantitative estimate of drug-likeness (QED) is 0.369. The summed E-state index contributed by atoms with van der Waals surface area (Å²) in [6.45, 7) is 6.25. The van der Waals surface area contributed by atoms with Crippen molar-refractivity contribution in [3.63, 3.8) is 0 Å². The lowest BCUT2D eigenvalue weighted by Gasteiger charge is -2.27. The van der Waals surface area contributed by atoms with Gasteiger partial charge in [0.2, 0.25) is 11.8 Å². The number of carbonyl (C=O) groups is 2. The zero-order chi connectivity index (χ0) is 23.2. The van der Waals surface area contributed by atoms with E-state index in [0.717, 1.165) is 24.8 Å². The van der Waals surface area contributed by atoms with Gasteiger partial charge in [-0.15, -0.1) is 0 Å². The Balaban J connectivity index is 2.09. The number of hydrogen-bond donors (Lipinski definition) is 0. The Hall–Kier alpha value is -2.67. The monoisotopic (exact) mass is 446 g/mol. The molecular formula is C25H35FN2O4. The standard InChI is InChI=1S/C25H35FN2O4/c1-3-5-6-10-24(29)27(15-8-16-31-4-2)20-25(30)28(19-23-9-7-17-32-23)18-21-11-13-22(26)14-12-21/h7,9,11-14,17H,3-6,8,10,15-16,18-20H2,1-2H3. The van der Waals surface area contributed by atoms with Crippen molar-refractivity contribution in [3.8, 4) is 0 Å². The summed E-state index contributed by atoms with van der Waals surface area (Å²) in [5, 5.41) is 0. The molecule has 7 heteroatoms. The Bertz CT molecular complexity index is 793. The number of rotatable bonds is 15. The predicted octanol–water partition coefficient (Wildman–Crippen LogP) is 4.78. The minimum absolute atomic E-state index is 0.00101. The normalized spacial score (nSPS) is 10.8. The predicted molar refractivity (Wildman–Crippen MR) is 121 cm³/mol. The molecule has 2 amide bonds. The molecule has 0 spiro atoms. The second-order valence-corrected chi connectivity index (χ2v) is 7.78. The first-order chi connectivity index (χ1) is 15.5. The first-order valence-corrected chi connectivity index (χ1v) is 11.4. The molecule has 0 bridgehead atoms. The van der Waals surface area contributed by atoms with E-state index in [1.807, 2.05) is 6.92 Å². The van der Waals surface area contributed by atoms with Crippen LogP contribution in [-0.4, -0.2) is 47.9 Å². The van der Waals surface area contributed by atoms with Crippen LogP contribution in [0.5, 0.6) is 0 Å². The molecule has 1 heterocycles. The highest BCUT2D eigenvalue weighted by Gasteiger charge is 2.22. The Morgan fingerprint density at radius 3 is 2.41 bits per heavy atom. The maximum atomic E-state index is 13.3. The molecular weight excluding hydrogens is 411 g/mol. The summed E-state index contributed by atoms with van der Waals surface area (Å²) in [6, 6.07) is 9.65. The third kappa shape index (κ3) is 9.22. The van der Waals surface area contributed by atoms with E-state index in [-0.39, 0.29) is 30.7 Å². The summed E-state index contributed by atoms with van der Waals surface area (Å²) in [4.78, 5) is 29.3. The van der Waals surface area contributed by atoms with Crippen LogP contribution < -0.4 is 0 Å². The van der Waals surface area contributed by atoms with Crippen molar-refractivity contribution in [3.05, 3.63) is 59.8 Å². The smallest absolute Gasteiger partial charge is 0.242 e. The summed E-state index contributed by atoms with van der Waals surface area (Å²) in [5.41, 5.74) is 0.809. The number of amides is 2. The molecule has 0 N–H and O–H groups in total. The molecule has 2 rings (SSSR count). The molecule has 1 aromatic carbocycles. The fourth-order valence-corrected chi connectivity index (χ4v) is 3.37. The summed E-state index contributed by atoms with van der Waals surface area (Å²) < 4.78 is 24.1. The second kappa shape index (κ2) is 14.4. The average molecular weight is 447 g/mol. The number of furan rings is 1. The highest BCUT2D eigenvalue weighted by molar-refractivity contribution is 5.84. The minimum atomic E-state index is -0.323. The molecule has 0 unspecified atom stereocenters. The first-order valence-electron chi connectivity index (χ1n) is 11.4. The molecule has 1 aromatic heterocycles. The van der Waals surface area contributed by atoms with Crippen LogP contribution >= 0.6 is 0 Å². The molecule has 0 radical (unpaired) electrons. The SMILES string of the molecule is CCCCCC(=O)N(CCCOCC)CC(=O)N(Cc1ccc(F)cc1)Cc1ccco1. The van der Waals surface area contributed by atoms with Crippen molar-refractivity contribution in [2.75, 3.05) is 26.3 Å². The number of ether oxygens (including phenoxy) is 1. The second-order valence-electron chi connectivity index (χ2n) is 7.78. The van der Waals surface area contributed by atoms with Crippen LogP contribution in [0.25, 0.3) is 0 Å². The molecule has 0 atom stereocenters. The van der Waals surface area contributed by atoms with Gasteiger partial charge in [0, 0.05) is 32.7 Å². The molecule has 176 valence electrons. The van der Waals surface area contributed by atoms with E-state index < -0.39 is 0 Å². The van der Waals surface area contributed by atoms with Crippen LogP contribution in [0.15, 0.2) is 47.1 Å². The van der Waals surface area contributed by atoms with Gasteiger partial charge >= 0.3 is 0 Å². The van der Waals surface area contributed by atoms with Crippen LogP contribution in [0.2, 0.25) is 0 Å². The van der Waals surface area contributed by atoms with Crippen molar-refractivity contribution in [1.82, 2.24) is 9.80 Å². The Morgan fingerprint density at radius 1 is 0.969 bits per heavy atom. The molecule has 0 aliphatic heterocycles. The van der Waals surface area contributed by atoms with Crippen molar-refractivity contribution in [1.29, 1.82) is 0 Å². The summed E-state index contributed by atoms with van der Waals surface area (Å²) in [5.74, 6) is 0.141. The van der Waals surface area contributed by atoms with Gasteiger partial charge in [0.05, 0.1) is 19.4 Å². The summed E-state index contributed by atoms with van der Waals surface area (Å²) >= 11 is 0. The van der Waals surface area contributed by atoms with Crippen LogP contribution in [-0.2, 0) is 27.4 Å². The van der Waals surface area contributed by atoms with Crippen molar-refractivity contribution < 1.29 is 23.1 Å². The lowest BCUT2D eigenvalue weighted by molar-refractivity contribution is -0.141. The molecule has 2 aromatic rings. The molecule has 6 nitrogen and oxygen atoms in total. The summed E-state index contributed by atoms with van der Waals surface area (Å²) in [6.07, 6.45) is 5.51. The number of hydrogen-bond acceptors (Lipinski definition) is 4. The molecule has 0 saturated heterocycles. The van der Waals surface area contributed by atoms with Gasteiger partial charge in [-0.25, -0.2) is 4.39 Å². The van der Waals surface area contributed by atoms with Gasteiger partial charge in [-0.3, -0.25) is 9.59 Å². The Labute approximate surface area is 190 Å². The first kappa shape index (κ1) is 25.6. The van der Waals surface area contributed by atoms with Crippen molar-refractivity contribution in [2.45, 2.75) is 59.0 Å². The minimum Gasteiger partial charge on any atom is -0.467 e. The zero-order valence-corrected chi connectivity index (χ0v) is 19.2. The topological polar surface area (TPSA) is 63.0 Å². The van der Waals surface area contributed by atoms with Gasteiger partial charge in [0.15, 0.2) is 0 Å². The van der Waals surface area contributed by atoms with E-state index in [1.165, 1.54) is 12.1 Å².